The Balaban J connectivity index is 2.08. The minimum atomic E-state index is 0.406. The van der Waals surface area contributed by atoms with Crippen molar-refractivity contribution in [3.63, 3.8) is 0 Å². The maximum Gasteiger partial charge on any atom is 0.132 e. The molecule has 0 radical (unpaired) electrons. The normalized spacial score (nSPS) is 18.8. The van der Waals surface area contributed by atoms with Crippen molar-refractivity contribution in [1.29, 1.82) is 0 Å². The van der Waals surface area contributed by atoms with Crippen LogP contribution in [-0.4, -0.2) is 54.9 Å². The summed E-state index contributed by atoms with van der Waals surface area (Å²) >= 11 is 0. The summed E-state index contributed by atoms with van der Waals surface area (Å²) in [5.74, 6) is 1.17. The predicted molar refractivity (Wildman–Crippen MR) is 72.3 cm³/mol. The molecule has 0 aromatic rings. The van der Waals surface area contributed by atoms with Gasteiger partial charge in [0, 0.05) is 45.6 Å². The van der Waals surface area contributed by atoms with E-state index in [1.807, 2.05) is 6.92 Å². The summed E-state index contributed by atoms with van der Waals surface area (Å²) in [6, 6.07) is 0. The van der Waals surface area contributed by atoms with Gasteiger partial charge in [-0.1, -0.05) is 20.8 Å². The molecule has 0 aromatic carbocycles. The van der Waals surface area contributed by atoms with Gasteiger partial charge in [0.1, 0.15) is 5.78 Å². The van der Waals surface area contributed by atoms with Gasteiger partial charge in [0.25, 0.3) is 0 Å². The maximum absolute atomic E-state index is 11.2. The highest BCUT2D eigenvalue weighted by Gasteiger charge is 2.16. The fourth-order valence-corrected chi connectivity index (χ4v) is 2.39. The van der Waals surface area contributed by atoms with Crippen LogP contribution >= 0.6 is 0 Å². The first-order valence-electron chi connectivity index (χ1n) is 7.08. The summed E-state index contributed by atoms with van der Waals surface area (Å²) in [4.78, 5) is 16.3. The molecular weight excluding hydrogens is 212 g/mol. The van der Waals surface area contributed by atoms with Crippen molar-refractivity contribution in [1.82, 2.24) is 9.80 Å². The molecule has 1 rings (SSSR count). The lowest BCUT2D eigenvalue weighted by molar-refractivity contribution is -0.118. The quantitative estimate of drug-likeness (QED) is 0.680. The van der Waals surface area contributed by atoms with E-state index in [0.29, 0.717) is 12.2 Å². The number of Topliss-reactive ketones (excluding diaryl/α,β-unsaturated/α-hetero) is 1. The first-order chi connectivity index (χ1) is 8.11. The van der Waals surface area contributed by atoms with E-state index in [9.17, 15) is 4.79 Å². The summed E-state index contributed by atoms with van der Waals surface area (Å²) in [6.45, 7) is 13.6. The van der Waals surface area contributed by atoms with Gasteiger partial charge < -0.3 is 9.80 Å². The van der Waals surface area contributed by atoms with Crippen LogP contribution in [0.5, 0.6) is 0 Å². The van der Waals surface area contributed by atoms with Crippen molar-refractivity contribution < 1.29 is 4.79 Å². The van der Waals surface area contributed by atoms with Gasteiger partial charge in [-0.05, 0) is 18.9 Å². The molecule has 0 atom stereocenters. The van der Waals surface area contributed by atoms with Gasteiger partial charge >= 0.3 is 0 Å². The van der Waals surface area contributed by atoms with Crippen LogP contribution in [0.2, 0.25) is 0 Å². The van der Waals surface area contributed by atoms with Crippen molar-refractivity contribution in [2.45, 2.75) is 40.0 Å². The smallest absolute Gasteiger partial charge is 0.132 e. The topological polar surface area (TPSA) is 23.6 Å². The van der Waals surface area contributed by atoms with Gasteiger partial charge in [-0.2, -0.15) is 0 Å². The minimum absolute atomic E-state index is 0.406. The molecule has 0 bridgehead atoms. The Labute approximate surface area is 106 Å². The van der Waals surface area contributed by atoms with Crippen LogP contribution in [0.1, 0.15) is 40.0 Å². The third-order valence-electron chi connectivity index (χ3n) is 3.41. The van der Waals surface area contributed by atoms with Crippen LogP contribution in [0.4, 0.5) is 0 Å². The van der Waals surface area contributed by atoms with E-state index < -0.39 is 0 Å². The third-order valence-corrected chi connectivity index (χ3v) is 3.41. The molecule has 1 saturated heterocycles. The number of hydrogen-bond donors (Lipinski definition) is 0. The molecule has 3 heteroatoms. The monoisotopic (exact) mass is 240 g/mol. The lowest BCUT2D eigenvalue weighted by atomic mass is 10.1. The summed E-state index contributed by atoms with van der Waals surface area (Å²) in [5.41, 5.74) is 0. The van der Waals surface area contributed by atoms with E-state index in [2.05, 4.69) is 23.6 Å². The van der Waals surface area contributed by atoms with Gasteiger partial charge in [0.15, 0.2) is 0 Å². The minimum Gasteiger partial charge on any atom is -0.301 e. The molecule has 0 amide bonds. The zero-order valence-corrected chi connectivity index (χ0v) is 11.7. The second-order valence-corrected chi connectivity index (χ2v) is 5.53. The fraction of sp³-hybridized carbons (Fsp3) is 0.929. The zero-order valence-electron chi connectivity index (χ0n) is 11.7. The van der Waals surface area contributed by atoms with Gasteiger partial charge in [0.2, 0.25) is 0 Å². The highest BCUT2D eigenvalue weighted by atomic mass is 16.1. The summed E-state index contributed by atoms with van der Waals surface area (Å²) in [7, 11) is 0. The van der Waals surface area contributed by atoms with Gasteiger partial charge in [0.05, 0.1) is 0 Å². The Morgan fingerprint density at radius 3 is 2.24 bits per heavy atom. The van der Waals surface area contributed by atoms with Crippen molar-refractivity contribution in [2.24, 2.45) is 5.92 Å². The van der Waals surface area contributed by atoms with Gasteiger partial charge in [-0.15, -0.1) is 0 Å². The SMILES string of the molecule is CCC(=O)CCCN1CCN(CC(C)C)CC1. The Morgan fingerprint density at radius 1 is 1.12 bits per heavy atom. The van der Waals surface area contributed by atoms with Crippen LogP contribution in [0.25, 0.3) is 0 Å². The standard InChI is InChI=1S/C14H28N2O/c1-4-14(17)6-5-7-15-8-10-16(11-9-15)12-13(2)3/h13H,4-12H2,1-3H3. The maximum atomic E-state index is 11.2. The first-order valence-corrected chi connectivity index (χ1v) is 7.08. The highest BCUT2D eigenvalue weighted by Crippen LogP contribution is 2.06. The van der Waals surface area contributed by atoms with E-state index in [-0.39, 0.29) is 0 Å². The lowest BCUT2D eigenvalue weighted by Crippen LogP contribution is -2.47. The molecule has 1 heterocycles. The summed E-state index contributed by atoms with van der Waals surface area (Å²) < 4.78 is 0. The lowest BCUT2D eigenvalue weighted by Gasteiger charge is -2.35. The third kappa shape index (κ3) is 6.18. The Kier molecular flexibility index (Phi) is 6.75. The molecule has 1 aliphatic rings. The van der Waals surface area contributed by atoms with E-state index in [1.165, 1.54) is 32.7 Å². The Hall–Kier alpha value is -0.410. The van der Waals surface area contributed by atoms with Crippen molar-refractivity contribution in [2.75, 3.05) is 39.3 Å². The van der Waals surface area contributed by atoms with E-state index >= 15 is 0 Å². The average molecular weight is 240 g/mol. The van der Waals surface area contributed by atoms with Gasteiger partial charge in [-0.3, -0.25) is 4.79 Å². The Morgan fingerprint density at radius 2 is 1.71 bits per heavy atom. The average Bonchev–Trinajstić information content (AvgIpc) is 2.30. The number of carbonyl (C=O) groups is 1. The molecule has 0 aliphatic carbocycles. The first kappa shape index (κ1) is 14.7. The van der Waals surface area contributed by atoms with Crippen LogP contribution in [0.15, 0.2) is 0 Å². The van der Waals surface area contributed by atoms with Crippen LogP contribution in [0, 0.1) is 5.92 Å². The zero-order chi connectivity index (χ0) is 12.7. The molecule has 0 aromatic heterocycles. The molecule has 0 spiro atoms. The summed E-state index contributed by atoms with van der Waals surface area (Å²) in [6.07, 6.45) is 2.50. The molecule has 1 aliphatic heterocycles. The predicted octanol–water partition coefficient (Wildman–Crippen LogP) is 2.02. The molecule has 1 fully saturated rings. The number of piperazine rings is 1. The van der Waals surface area contributed by atoms with E-state index in [1.54, 1.807) is 0 Å². The van der Waals surface area contributed by atoms with Gasteiger partial charge in [-0.25, -0.2) is 0 Å². The molecule has 0 unspecified atom stereocenters. The number of ketones is 1. The van der Waals surface area contributed by atoms with Crippen LogP contribution < -0.4 is 0 Å². The molecular formula is C14H28N2O. The van der Waals surface area contributed by atoms with Crippen LogP contribution in [-0.2, 0) is 4.79 Å². The van der Waals surface area contributed by atoms with E-state index in [4.69, 9.17) is 0 Å². The molecule has 100 valence electrons. The highest BCUT2D eigenvalue weighted by molar-refractivity contribution is 5.77. The fourth-order valence-electron chi connectivity index (χ4n) is 2.39. The summed E-state index contributed by atoms with van der Waals surface area (Å²) in [5, 5.41) is 0. The second-order valence-electron chi connectivity index (χ2n) is 5.53. The Bertz CT molecular complexity index is 220. The molecule has 17 heavy (non-hydrogen) atoms. The van der Waals surface area contributed by atoms with Crippen LogP contribution in [0.3, 0.4) is 0 Å². The number of hydrogen-bond acceptors (Lipinski definition) is 3. The number of rotatable bonds is 7. The van der Waals surface area contributed by atoms with E-state index in [0.717, 1.165) is 25.3 Å². The largest absolute Gasteiger partial charge is 0.301 e. The van der Waals surface area contributed by atoms with Crippen molar-refractivity contribution >= 4 is 5.78 Å². The number of carbonyl (C=O) groups excluding carboxylic acids is 1. The van der Waals surface area contributed by atoms with Crippen molar-refractivity contribution in [3.05, 3.63) is 0 Å². The molecule has 0 N–H and O–H groups in total. The molecule has 0 saturated carbocycles. The van der Waals surface area contributed by atoms with Crippen molar-refractivity contribution in [3.8, 4) is 0 Å². The molecule has 3 nitrogen and oxygen atoms in total. The second kappa shape index (κ2) is 7.83. The number of nitrogens with zero attached hydrogens (tertiary/aromatic N) is 2.